The lowest BCUT2D eigenvalue weighted by Gasteiger charge is -2.23. The van der Waals surface area contributed by atoms with Crippen molar-refractivity contribution in [3.8, 4) is 0 Å². The van der Waals surface area contributed by atoms with Gasteiger partial charge in [-0.15, -0.1) is 0 Å². The molecule has 0 bridgehead atoms. The maximum Gasteiger partial charge on any atom is 0.251 e. The van der Waals surface area contributed by atoms with Crippen LogP contribution < -0.4 is 10.6 Å². The van der Waals surface area contributed by atoms with Crippen molar-refractivity contribution in [2.24, 2.45) is 5.92 Å². The standard InChI is InChI=1S/C19H30N2O2/c1-4-6-7-11-14-20-19(23)17(15(3)5-2)21-18(22)16-12-9-8-10-13-16/h8-10,12-13,15,17H,4-7,11,14H2,1-3H3,(H,20,23)(H,21,22). The van der Waals surface area contributed by atoms with E-state index in [1.807, 2.05) is 32.0 Å². The number of nitrogens with one attached hydrogen (secondary N) is 2. The van der Waals surface area contributed by atoms with E-state index in [0.29, 0.717) is 12.1 Å². The van der Waals surface area contributed by atoms with Gasteiger partial charge in [0.2, 0.25) is 5.91 Å². The van der Waals surface area contributed by atoms with Gasteiger partial charge in [0.25, 0.3) is 5.91 Å². The number of hydrogen-bond donors (Lipinski definition) is 2. The number of carbonyl (C=O) groups is 2. The molecule has 2 atom stereocenters. The first kappa shape index (κ1) is 19.2. The zero-order valence-corrected chi connectivity index (χ0v) is 14.6. The molecule has 0 spiro atoms. The quantitative estimate of drug-likeness (QED) is 0.648. The van der Waals surface area contributed by atoms with Gasteiger partial charge in [0.1, 0.15) is 6.04 Å². The fraction of sp³-hybridized carbons (Fsp3) is 0.579. The summed E-state index contributed by atoms with van der Waals surface area (Å²) in [5.41, 5.74) is 0.580. The molecule has 0 aliphatic heterocycles. The molecule has 0 aliphatic carbocycles. The molecule has 2 N–H and O–H groups in total. The van der Waals surface area contributed by atoms with E-state index in [4.69, 9.17) is 0 Å². The van der Waals surface area contributed by atoms with Crippen LogP contribution in [-0.4, -0.2) is 24.4 Å². The molecular formula is C19H30N2O2. The molecule has 1 rings (SSSR count). The van der Waals surface area contributed by atoms with E-state index in [-0.39, 0.29) is 17.7 Å². The summed E-state index contributed by atoms with van der Waals surface area (Å²) in [6.45, 7) is 6.86. The molecule has 0 aliphatic rings. The molecule has 0 fully saturated rings. The normalized spacial score (nSPS) is 13.2. The minimum atomic E-state index is -0.487. The molecule has 0 saturated carbocycles. The van der Waals surface area contributed by atoms with Crippen molar-refractivity contribution in [1.29, 1.82) is 0 Å². The second-order valence-electron chi connectivity index (χ2n) is 6.05. The second-order valence-corrected chi connectivity index (χ2v) is 6.05. The van der Waals surface area contributed by atoms with Gasteiger partial charge in [-0.25, -0.2) is 0 Å². The maximum atomic E-state index is 12.4. The van der Waals surface area contributed by atoms with Crippen molar-refractivity contribution in [3.63, 3.8) is 0 Å². The zero-order valence-electron chi connectivity index (χ0n) is 14.6. The first-order valence-corrected chi connectivity index (χ1v) is 8.73. The molecule has 0 heterocycles. The van der Waals surface area contributed by atoms with E-state index in [9.17, 15) is 9.59 Å². The van der Waals surface area contributed by atoms with Crippen LogP contribution in [0.2, 0.25) is 0 Å². The molecule has 2 unspecified atom stereocenters. The van der Waals surface area contributed by atoms with E-state index in [1.165, 1.54) is 12.8 Å². The first-order valence-electron chi connectivity index (χ1n) is 8.73. The van der Waals surface area contributed by atoms with Crippen LogP contribution in [-0.2, 0) is 4.79 Å². The Bertz CT molecular complexity index is 474. The predicted octanol–water partition coefficient (Wildman–Crippen LogP) is 3.53. The lowest BCUT2D eigenvalue weighted by Crippen LogP contribution is -2.50. The zero-order chi connectivity index (χ0) is 17.1. The summed E-state index contributed by atoms with van der Waals surface area (Å²) >= 11 is 0. The third-order valence-electron chi connectivity index (χ3n) is 4.15. The fourth-order valence-electron chi connectivity index (χ4n) is 2.39. The molecule has 128 valence electrons. The smallest absolute Gasteiger partial charge is 0.251 e. The Balaban J connectivity index is 2.58. The summed E-state index contributed by atoms with van der Waals surface area (Å²) < 4.78 is 0. The molecule has 23 heavy (non-hydrogen) atoms. The summed E-state index contributed by atoms with van der Waals surface area (Å²) in [6.07, 6.45) is 5.32. The minimum Gasteiger partial charge on any atom is -0.354 e. The summed E-state index contributed by atoms with van der Waals surface area (Å²) in [6, 6.07) is 8.53. The van der Waals surface area contributed by atoms with Crippen LogP contribution >= 0.6 is 0 Å². The van der Waals surface area contributed by atoms with Crippen LogP contribution in [0.1, 0.15) is 63.2 Å². The predicted molar refractivity (Wildman–Crippen MR) is 94.3 cm³/mol. The van der Waals surface area contributed by atoms with Crippen molar-refractivity contribution < 1.29 is 9.59 Å². The van der Waals surface area contributed by atoms with Gasteiger partial charge >= 0.3 is 0 Å². The monoisotopic (exact) mass is 318 g/mol. The highest BCUT2D eigenvalue weighted by atomic mass is 16.2. The molecule has 4 nitrogen and oxygen atoms in total. The third-order valence-corrected chi connectivity index (χ3v) is 4.15. The van der Waals surface area contributed by atoms with Crippen LogP contribution in [0, 0.1) is 5.92 Å². The van der Waals surface area contributed by atoms with Gasteiger partial charge in [0.05, 0.1) is 0 Å². The highest BCUT2D eigenvalue weighted by Crippen LogP contribution is 2.10. The van der Waals surface area contributed by atoms with Gasteiger partial charge in [-0.05, 0) is 24.5 Å². The summed E-state index contributed by atoms with van der Waals surface area (Å²) in [4.78, 5) is 24.7. The average molecular weight is 318 g/mol. The number of rotatable bonds is 10. The van der Waals surface area contributed by atoms with Crippen molar-refractivity contribution >= 4 is 11.8 Å². The fourth-order valence-corrected chi connectivity index (χ4v) is 2.39. The van der Waals surface area contributed by atoms with Crippen LogP contribution in [0.25, 0.3) is 0 Å². The maximum absolute atomic E-state index is 12.4. The Morgan fingerprint density at radius 1 is 1.04 bits per heavy atom. The van der Waals surface area contributed by atoms with E-state index >= 15 is 0 Å². The Labute approximate surface area is 140 Å². The van der Waals surface area contributed by atoms with E-state index in [0.717, 1.165) is 19.3 Å². The van der Waals surface area contributed by atoms with Crippen molar-refractivity contribution in [2.75, 3.05) is 6.54 Å². The van der Waals surface area contributed by atoms with Gasteiger partial charge < -0.3 is 10.6 Å². The van der Waals surface area contributed by atoms with Gasteiger partial charge in [-0.1, -0.05) is 64.7 Å². The Kier molecular flexibility index (Phi) is 9.03. The highest BCUT2D eigenvalue weighted by Gasteiger charge is 2.25. The van der Waals surface area contributed by atoms with Gasteiger partial charge in [0, 0.05) is 12.1 Å². The van der Waals surface area contributed by atoms with Crippen molar-refractivity contribution in [3.05, 3.63) is 35.9 Å². The van der Waals surface area contributed by atoms with E-state index in [1.54, 1.807) is 12.1 Å². The molecular weight excluding hydrogens is 288 g/mol. The lowest BCUT2D eigenvalue weighted by molar-refractivity contribution is -0.124. The summed E-state index contributed by atoms with van der Waals surface area (Å²) in [5, 5.41) is 5.84. The molecule has 1 aromatic rings. The van der Waals surface area contributed by atoms with E-state index in [2.05, 4.69) is 17.6 Å². The number of amides is 2. The lowest BCUT2D eigenvalue weighted by atomic mass is 9.97. The molecule has 0 radical (unpaired) electrons. The van der Waals surface area contributed by atoms with Crippen LogP contribution in [0.4, 0.5) is 0 Å². The number of unbranched alkanes of at least 4 members (excludes halogenated alkanes) is 3. The van der Waals surface area contributed by atoms with Crippen molar-refractivity contribution in [1.82, 2.24) is 10.6 Å². The second kappa shape index (κ2) is 10.8. The summed E-state index contributed by atoms with van der Waals surface area (Å²) in [5.74, 6) is -0.185. The number of hydrogen-bond acceptors (Lipinski definition) is 2. The Hall–Kier alpha value is -1.84. The Morgan fingerprint density at radius 3 is 2.35 bits per heavy atom. The SMILES string of the molecule is CCCCCCNC(=O)C(NC(=O)c1ccccc1)C(C)CC. The molecule has 0 aromatic heterocycles. The van der Waals surface area contributed by atoms with Gasteiger partial charge in [-0.2, -0.15) is 0 Å². The van der Waals surface area contributed by atoms with Crippen LogP contribution in [0.15, 0.2) is 30.3 Å². The van der Waals surface area contributed by atoms with Gasteiger partial charge in [-0.3, -0.25) is 9.59 Å². The highest BCUT2D eigenvalue weighted by molar-refractivity contribution is 5.97. The number of carbonyl (C=O) groups excluding carboxylic acids is 2. The molecule has 4 heteroatoms. The van der Waals surface area contributed by atoms with Crippen LogP contribution in [0.5, 0.6) is 0 Å². The summed E-state index contributed by atoms with van der Waals surface area (Å²) in [7, 11) is 0. The number of benzene rings is 1. The largest absolute Gasteiger partial charge is 0.354 e. The topological polar surface area (TPSA) is 58.2 Å². The minimum absolute atomic E-state index is 0.0832. The van der Waals surface area contributed by atoms with Gasteiger partial charge in [0.15, 0.2) is 0 Å². The van der Waals surface area contributed by atoms with Crippen molar-refractivity contribution in [2.45, 2.75) is 58.9 Å². The first-order chi connectivity index (χ1) is 11.1. The molecule has 0 saturated heterocycles. The molecule has 2 amide bonds. The average Bonchev–Trinajstić information content (AvgIpc) is 2.59. The third kappa shape index (κ3) is 6.85. The molecule has 1 aromatic carbocycles. The van der Waals surface area contributed by atoms with Crippen LogP contribution in [0.3, 0.4) is 0 Å². The Morgan fingerprint density at radius 2 is 1.74 bits per heavy atom. The van der Waals surface area contributed by atoms with E-state index < -0.39 is 6.04 Å².